The van der Waals surface area contributed by atoms with E-state index in [-0.39, 0.29) is 12.8 Å². The molecule has 128 valence electrons. The van der Waals surface area contributed by atoms with Crippen LogP contribution in [-0.4, -0.2) is 26.5 Å². The van der Waals surface area contributed by atoms with E-state index in [2.05, 4.69) is 10.6 Å². The van der Waals surface area contributed by atoms with Crippen molar-refractivity contribution in [2.24, 2.45) is 0 Å². The number of carbonyl (C=O) groups excluding carboxylic acids is 1. The van der Waals surface area contributed by atoms with Gasteiger partial charge in [0.1, 0.15) is 17.2 Å². The molecular weight excluding hydrogens is 308 g/mol. The minimum atomic E-state index is -0.302. The molecule has 24 heavy (non-hydrogen) atoms. The number of urea groups is 1. The predicted molar refractivity (Wildman–Crippen MR) is 91.5 cm³/mol. The number of rotatable bonds is 8. The predicted octanol–water partition coefficient (Wildman–Crippen LogP) is 2.93. The van der Waals surface area contributed by atoms with Gasteiger partial charge in [-0.2, -0.15) is 0 Å². The second-order valence-electron chi connectivity index (χ2n) is 4.90. The van der Waals surface area contributed by atoms with Crippen molar-refractivity contribution in [3.05, 3.63) is 54.1 Å². The van der Waals surface area contributed by atoms with Crippen LogP contribution < -0.4 is 24.8 Å². The summed E-state index contributed by atoms with van der Waals surface area (Å²) in [5.41, 5.74) is 0.955. The van der Waals surface area contributed by atoms with Gasteiger partial charge < -0.3 is 24.8 Å². The molecule has 0 aliphatic heterocycles. The summed E-state index contributed by atoms with van der Waals surface area (Å²) < 4.78 is 15.9. The number of benzene rings is 2. The Labute approximate surface area is 141 Å². The van der Waals surface area contributed by atoms with Gasteiger partial charge in [0.25, 0.3) is 0 Å². The zero-order chi connectivity index (χ0) is 17.2. The van der Waals surface area contributed by atoms with E-state index in [1.54, 1.807) is 19.2 Å². The summed E-state index contributed by atoms with van der Waals surface area (Å²) in [7, 11) is 1.61. The molecule has 0 spiro atoms. The van der Waals surface area contributed by atoms with E-state index in [0.29, 0.717) is 18.9 Å². The highest BCUT2D eigenvalue weighted by Crippen LogP contribution is 2.17. The van der Waals surface area contributed by atoms with Gasteiger partial charge in [-0.3, -0.25) is 0 Å². The first-order valence-corrected chi connectivity index (χ1v) is 7.71. The lowest BCUT2D eigenvalue weighted by Crippen LogP contribution is -2.37. The van der Waals surface area contributed by atoms with Crippen LogP contribution in [0.2, 0.25) is 0 Å². The van der Waals surface area contributed by atoms with Gasteiger partial charge in [-0.05, 0) is 48.9 Å². The van der Waals surface area contributed by atoms with Crippen LogP contribution in [0.25, 0.3) is 0 Å². The van der Waals surface area contributed by atoms with E-state index >= 15 is 0 Å². The SMILES string of the molecule is CCOc1ccc(OCNC(=O)NCc2cccc(OC)c2)cc1. The maximum Gasteiger partial charge on any atom is 0.317 e. The maximum absolute atomic E-state index is 11.7. The molecule has 0 saturated heterocycles. The van der Waals surface area contributed by atoms with E-state index < -0.39 is 0 Å². The van der Waals surface area contributed by atoms with Crippen LogP contribution in [0.1, 0.15) is 12.5 Å². The van der Waals surface area contributed by atoms with Gasteiger partial charge in [0.05, 0.1) is 13.7 Å². The van der Waals surface area contributed by atoms with Crippen molar-refractivity contribution < 1.29 is 19.0 Å². The molecule has 0 aliphatic rings. The van der Waals surface area contributed by atoms with Crippen molar-refractivity contribution in [2.45, 2.75) is 13.5 Å². The molecule has 6 heteroatoms. The molecule has 0 aliphatic carbocycles. The van der Waals surface area contributed by atoms with Crippen LogP contribution in [0.15, 0.2) is 48.5 Å². The second-order valence-corrected chi connectivity index (χ2v) is 4.90. The smallest absolute Gasteiger partial charge is 0.317 e. The number of carbonyl (C=O) groups is 1. The van der Waals surface area contributed by atoms with Crippen molar-refractivity contribution in [3.63, 3.8) is 0 Å². The fourth-order valence-electron chi connectivity index (χ4n) is 2.01. The van der Waals surface area contributed by atoms with Crippen molar-refractivity contribution in [2.75, 3.05) is 20.4 Å². The lowest BCUT2D eigenvalue weighted by molar-refractivity contribution is 0.223. The van der Waals surface area contributed by atoms with Gasteiger partial charge in [0.2, 0.25) is 0 Å². The molecule has 2 amide bonds. The number of nitrogens with one attached hydrogen (secondary N) is 2. The molecule has 2 aromatic rings. The van der Waals surface area contributed by atoms with E-state index in [4.69, 9.17) is 14.2 Å². The first-order valence-electron chi connectivity index (χ1n) is 7.71. The Morgan fingerprint density at radius 2 is 1.67 bits per heavy atom. The van der Waals surface area contributed by atoms with Gasteiger partial charge in [-0.1, -0.05) is 12.1 Å². The Hall–Kier alpha value is -2.89. The van der Waals surface area contributed by atoms with Crippen molar-refractivity contribution in [1.29, 1.82) is 0 Å². The quantitative estimate of drug-likeness (QED) is 0.730. The first kappa shape index (κ1) is 17.5. The van der Waals surface area contributed by atoms with Crippen LogP contribution in [0.5, 0.6) is 17.2 Å². The standard InChI is InChI=1S/C18H22N2O4/c1-3-23-15-7-9-16(10-8-15)24-13-20-18(21)19-12-14-5-4-6-17(11-14)22-2/h4-11H,3,12-13H2,1-2H3,(H2,19,20,21). The molecule has 0 radical (unpaired) electrons. The van der Waals surface area contributed by atoms with Crippen LogP contribution >= 0.6 is 0 Å². The van der Waals surface area contributed by atoms with E-state index in [9.17, 15) is 4.79 Å². The maximum atomic E-state index is 11.7. The Bertz CT molecular complexity index is 644. The number of hydrogen-bond donors (Lipinski definition) is 2. The average molecular weight is 330 g/mol. The number of hydrogen-bond acceptors (Lipinski definition) is 4. The molecule has 0 bridgehead atoms. The fraction of sp³-hybridized carbons (Fsp3) is 0.278. The second kappa shape index (κ2) is 9.29. The van der Waals surface area contributed by atoms with Gasteiger partial charge in [0, 0.05) is 6.54 Å². The normalized spacial score (nSPS) is 9.92. The number of amides is 2. The van der Waals surface area contributed by atoms with Crippen LogP contribution in [0, 0.1) is 0 Å². The van der Waals surface area contributed by atoms with Gasteiger partial charge >= 0.3 is 6.03 Å². The lowest BCUT2D eigenvalue weighted by atomic mass is 10.2. The molecule has 0 atom stereocenters. The van der Waals surface area contributed by atoms with Crippen LogP contribution in [0.3, 0.4) is 0 Å². The first-order chi connectivity index (χ1) is 11.7. The topological polar surface area (TPSA) is 68.8 Å². The zero-order valence-corrected chi connectivity index (χ0v) is 13.9. The summed E-state index contributed by atoms with van der Waals surface area (Å²) in [4.78, 5) is 11.7. The average Bonchev–Trinajstić information content (AvgIpc) is 2.62. The molecule has 0 aromatic heterocycles. The van der Waals surface area contributed by atoms with E-state index in [1.165, 1.54) is 0 Å². The van der Waals surface area contributed by atoms with Crippen molar-refractivity contribution >= 4 is 6.03 Å². The number of ether oxygens (including phenoxy) is 3. The summed E-state index contributed by atoms with van der Waals surface area (Å²) >= 11 is 0. The molecular formula is C18H22N2O4. The van der Waals surface area contributed by atoms with Gasteiger partial charge in [0.15, 0.2) is 6.73 Å². The molecule has 0 fully saturated rings. The van der Waals surface area contributed by atoms with Gasteiger partial charge in [-0.25, -0.2) is 4.79 Å². The Balaban J connectivity index is 1.69. The summed E-state index contributed by atoms with van der Waals surface area (Å²) in [5.74, 6) is 2.20. The molecule has 0 heterocycles. The summed E-state index contributed by atoms with van der Waals surface area (Å²) in [6.07, 6.45) is 0. The molecule has 0 unspecified atom stereocenters. The lowest BCUT2D eigenvalue weighted by Gasteiger charge is -2.10. The van der Waals surface area contributed by atoms with Crippen LogP contribution in [-0.2, 0) is 6.54 Å². The molecule has 2 N–H and O–H groups in total. The Kier molecular flexibility index (Phi) is 6.76. The summed E-state index contributed by atoms with van der Waals surface area (Å²) in [6.45, 7) is 3.04. The Morgan fingerprint density at radius 1 is 0.958 bits per heavy atom. The Morgan fingerprint density at radius 3 is 2.33 bits per heavy atom. The summed E-state index contributed by atoms with van der Waals surface area (Å²) in [5, 5.41) is 5.39. The third-order valence-electron chi connectivity index (χ3n) is 3.19. The third-order valence-corrected chi connectivity index (χ3v) is 3.19. The van der Waals surface area contributed by atoms with Crippen molar-refractivity contribution in [3.8, 4) is 17.2 Å². The van der Waals surface area contributed by atoms with Gasteiger partial charge in [-0.15, -0.1) is 0 Å². The largest absolute Gasteiger partial charge is 0.497 e. The highest BCUT2D eigenvalue weighted by Gasteiger charge is 2.02. The molecule has 2 rings (SSSR count). The van der Waals surface area contributed by atoms with E-state index in [1.807, 2.05) is 43.3 Å². The molecule has 6 nitrogen and oxygen atoms in total. The third kappa shape index (κ3) is 5.72. The molecule has 2 aromatic carbocycles. The minimum absolute atomic E-state index is 0.0813. The van der Waals surface area contributed by atoms with Crippen molar-refractivity contribution in [1.82, 2.24) is 10.6 Å². The summed E-state index contributed by atoms with van der Waals surface area (Å²) in [6, 6.07) is 14.4. The molecule has 0 saturated carbocycles. The minimum Gasteiger partial charge on any atom is -0.497 e. The van der Waals surface area contributed by atoms with Crippen LogP contribution in [0.4, 0.5) is 4.79 Å². The van der Waals surface area contributed by atoms with E-state index in [0.717, 1.165) is 17.1 Å². The fourth-order valence-corrected chi connectivity index (χ4v) is 2.01. The zero-order valence-electron chi connectivity index (χ0n) is 13.9. The highest BCUT2D eigenvalue weighted by atomic mass is 16.5. The monoisotopic (exact) mass is 330 g/mol. The number of methoxy groups -OCH3 is 1. The highest BCUT2D eigenvalue weighted by molar-refractivity contribution is 5.73.